The number of aliphatic hydroxyl groups is 2. The molecule has 0 radical (unpaired) electrons. The summed E-state index contributed by atoms with van der Waals surface area (Å²) >= 11 is 0. The van der Waals surface area contributed by atoms with Gasteiger partial charge in [-0.3, -0.25) is 4.79 Å². The van der Waals surface area contributed by atoms with Gasteiger partial charge in [0.15, 0.2) is 0 Å². The lowest BCUT2D eigenvalue weighted by Gasteiger charge is -2.20. The van der Waals surface area contributed by atoms with Crippen LogP contribution in [0.1, 0.15) is 174 Å². The van der Waals surface area contributed by atoms with Crippen molar-refractivity contribution in [1.82, 2.24) is 5.32 Å². The van der Waals surface area contributed by atoms with Crippen molar-refractivity contribution in [2.45, 2.75) is 187 Å². The second-order valence-electron chi connectivity index (χ2n) is 12.6. The molecular formula is C41H73NO3. The Balaban J connectivity index is 3.68. The highest BCUT2D eigenvalue weighted by atomic mass is 16.3. The lowest BCUT2D eigenvalue weighted by molar-refractivity contribution is -0.123. The van der Waals surface area contributed by atoms with Crippen molar-refractivity contribution in [3.05, 3.63) is 60.8 Å². The molecule has 4 heteroatoms. The minimum atomic E-state index is -0.846. The molecule has 0 saturated carbocycles. The van der Waals surface area contributed by atoms with Crippen molar-refractivity contribution in [1.29, 1.82) is 0 Å². The topological polar surface area (TPSA) is 69.6 Å². The second-order valence-corrected chi connectivity index (χ2v) is 12.6. The molecule has 0 heterocycles. The Morgan fingerprint density at radius 2 is 0.978 bits per heavy atom. The van der Waals surface area contributed by atoms with Gasteiger partial charge in [0.25, 0.3) is 0 Å². The number of allylic oxidation sites excluding steroid dienone is 9. The number of amides is 1. The molecule has 0 saturated heterocycles. The van der Waals surface area contributed by atoms with Crippen LogP contribution in [0.4, 0.5) is 0 Å². The predicted molar refractivity (Wildman–Crippen MR) is 197 cm³/mol. The molecule has 45 heavy (non-hydrogen) atoms. The number of carbonyl (C=O) groups excluding carboxylic acids is 1. The highest BCUT2D eigenvalue weighted by Crippen LogP contribution is 2.13. The molecular weight excluding hydrogens is 554 g/mol. The maximum absolute atomic E-state index is 12.3. The summed E-state index contributed by atoms with van der Waals surface area (Å²) in [7, 11) is 0. The summed E-state index contributed by atoms with van der Waals surface area (Å²) in [6.45, 7) is 4.17. The minimum Gasteiger partial charge on any atom is -0.394 e. The van der Waals surface area contributed by atoms with Crippen LogP contribution < -0.4 is 5.32 Å². The fourth-order valence-electron chi connectivity index (χ4n) is 5.34. The van der Waals surface area contributed by atoms with E-state index in [1.54, 1.807) is 6.08 Å². The minimum absolute atomic E-state index is 0.0817. The fraction of sp³-hybridized carbons (Fsp3) is 0.732. The van der Waals surface area contributed by atoms with Gasteiger partial charge in [0.1, 0.15) is 0 Å². The van der Waals surface area contributed by atoms with Gasteiger partial charge in [-0.15, -0.1) is 0 Å². The van der Waals surface area contributed by atoms with Crippen LogP contribution in [0.25, 0.3) is 0 Å². The summed E-state index contributed by atoms with van der Waals surface area (Å²) < 4.78 is 0. The molecule has 0 aliphatic rings. The first-order chi connectivity index (χ1) is 22.2. The molecule has 0 aromatic rings. The Bertz CT molecular complexity index is 767. The van der Waals surface area contributed by atoms with Crippen LogP contribution >= 0.6 is 0 Å². The molecule has 0 aliphatic heterocycles. The third-order valence-corrected chi connectivity index (χ3v) is 8.26. The molecule has 2 unspecified atom stereocenters. The van der Waals surface area contributed by atoms with E-state index in [2.05, 4.69) is 67.8 Å². The van der Waals surface area contributed by atoms with E-state index in [0.29, 0.717) is 6.42 Å². The van der Waals surface area contributed by atoms with E-state index in [4.69, 9.17) is 0 Å². The van der Waals surface area contributed by atoms with Gasteiger partial charge in [-0.1, -0.05) is 171 Å². The standard InChI is InChI=1S/C41H73NO3/c1-3-5-7-9-11-13-15-17-19-20-21-22-23-25-27-29-31-33-35-37-41(45)42-39(38-43)40(44)36-34-32-30-28-26-24-18-16-14-12-10-8-6-4-2/h5,7,11,13,17,19,21-22,34,36,39-40,43-44H,3-4,6,8-10,12,14-16,18,20,23-33,35,37-38H2,1-2H3,(H,42,45)/b7-5-,13-11-,19-17-,22-21-,36-34+. The van der Waals surface area contributed by atoms with Crippen LogP contribution in [-0.2, 0) is 4.79 Å². The summed E-state index contributed by atoms with van der Waals surface area (Å²) in [5, 5.41) is 22.9. The lowest BCUT2D eigenvalue weighted by atomic mass is 10.0. The summed E-state index contributed by atoms with van der Waals surface area (Å²) in [5.41, 5.74) is 0. The summed E-state index contributed by atoms with van der Waals surface area (Å²) in [5.74, 6) is -0.0817. The summed E-state index contributed by atoms with van der Waals surface area (Å²) in [6.07, 6.45) is 50.1. The molecule has 3 N–H and O–H groups in total. The Labute approximate surface area is 279 Å². The molecule has 0 aliphatic carbocycles. The molecule has 260 valence electrons. The molecule has 1 amide bonds. The van der Waals surface area contributed by atoms with Crippen LogP contribution in [0.2, 0.25) is 0 Å². The lowest BCUT2D eigenvalue weighted by Crippen LogP contribution is -2.45. The number of aliphatic hydroxyl groups excluding tert-OH is 2. The predicted octanol–water partition coefficient (Wildman–Crippen LogP) is 11.4. The molecule has 0 aromatic carbocycles. The number of unbranched alkanes of at least 4 members (excludes halogenated alkanes) is 18. The fourth-order valence-corrected chi connectivity index (χ4v) is 5.34. The number of rotatable bonds is 33. The first-order valence-corrected chi connectivity index (χ1v) is 19.0. The van der Waals surface area contributed by atoms with Crippen molar-refractivity contribution in [3.63, 3.8) is 0 Å². The van der Waals surface area contributed by atoms with Gasteiger partial charge in [0.2, 0.25) is 5.91 Å². The summed E-state index contributed by atoms with van der Waals surface area (Å²) in [6, 6.07) is -0.630. The van der Waals surface area contributed by atoms with Gasteiger partial charge < -0.3 is 15.5 Å². The molecule has 0 spiro atoms. The second kappa shape index (κ2) is 36.6. The molecule has 2 atom stereocenters. The molecule has 0 aromatic heterocycles. The van der Waals surface area contributed by atoms with E-state index in [-0.39, 0.29) is 12.5 Å². The molecule has 0 bridgehead atoms. The van der Waals surface area contributed by atoms with Crippen LogP contribution in [0.15, 0.2) is 60.8 Å². The van der Waals surface area contributed by atoms with Gasteiger partial charge in [-0.25, -0.2) is 0 Å². The average molecular weight is 628 g/mol. The van der Waals surface area contributed by atoms with Crippen molar-refractivity contribution < 1.29 is 15.0 Å². The normalized spacial score (nSPS) is 13.8. The number of nitrogens with one attached hydrogen (secondary N) is 1. The molecule has 4 nitrogen and oxygen atoms in total. The average Bonchev–Trinajstić information content (AvgIpc) is 3.04. The van der Waals surface area contributed by atoms with Crippen molar-refractivity contribution >= 4 is 5.91 Å². The Morgan fingerprint density at radius 1 is 0.556 bits per heavy atom. The van der Waals surface area contributed by atoms with Crippen LogP contribution in [0.3, 0.4) is 0 Å². The van der Waals surface area contributed by atoms with E-state index in [1.165, 1.54) is 89.9 Å². The third-order valence-electron chi connectivity index (χ3n) is 8.26. The largest absolute Gasteiger partial charge is 0.394 e. The maximum Gasteiger partial charge on any atom is 0.220 e. The first kappa shape index (κ1) is 43.1. The smallest absolute Gasteiger partial charge is 0.220 e. The van der Waals surface area contributed by atoms with Crippen LogP contribution in [0.5, 0.6) is 0 Å². The van der Waals surface area contributed by atoms with E-state index in [9.17, 15) is 15.0 Å². The van der Waals surface area contributed by atoms with E-state index < -0.39 is 12.1 Å². The summed E-state index contributed by atoms with van der Waals surface area (Å²) in [4.78, 5) is 12.3. The SMILES string of the molecule is CC/C=C\C/C=C\C/C=C\C/C=C\CCCCCCCCC(=O)NC(CO)C(O)/C=C/CCCCCCCCCCCCCC. The Kier molecular flexibility index (Phi) is 35.0. The number of hydrogen-bond donors (Lipinski definition) is 3. The van der Waals surface area contributed by atoms with Crippen LogP contribution in [0, 0.1) is 0 Å². The van der Waals surface area contributed by atoms with Gasteiger partial charge in [-0.2, -0.15) is 0 Å². The van der Waals surface area contributed by atoms with Gasteiger partial charge in [0.05, 0.1) is 18.8 Å². The van der Waals surface area contributed by atoms with E-state index >= 15 is 0 Å². The highest BCUT2D eigenvalue weighted by Gasteiger charge is 2.17. The van der Waals surface area contributed by atoms with Crippen molar-refractivity contribution in [2.24, 2.45) is 0 Å². The molecule has 0 rings (SSSR count). The zero-order valence-electron chi connectivity index (χ0n) is 29.6. The van der Waals surface area contributed by atoms with E-state index in [0.717, 1.165) is 64.2 Å². The zero-order chi connectivity index (χ0) is 32.9. The van der Waals surface area contributed by atoms with Crippen molar-refractivity contribution in [2.75, 3.05) is 6.61 Å². The van der Waals surface area contributed by atoms with Crippen molar-refractivity contribution in [3.8, 4) is 0 Å². The number of hydrogen-bond acceptors (Lipinski definition) is 3. The van der Waals surface area contributed by atoms with Crippen LogP contribution in [-0.4, -0.2) is 34.9 Å². The van der Waals surface area contributed by atoms with E-state index in [1.807, 2.05) is 6.08 Å². The highest BCUT2D eigenvalue weighted by molar-refractivity contribution is 5.76. The maximum atomic E-state index is 12.3. The van der Waals surface area contributed by atoms with Gasteiger partial charge in [0, 0.05) is 6.42 Å². The monoisotopic (exact) mass is 628 g/mol. The van der Waals surface area contributed by atoms with Gasteiger partial charge >= 0.3 is 0 Å². The first-order valence-electron chi connectivity index (χ1n) is 19.0. The Hall–Kier alpha value is -1.91. The third kappa shape index (κ3) is 33.3. The Morgan fingerprint density at radius 3 is 1.47 bits per heavy atom. The molecule has 0 fully saturated rings. The van der Waals surface area contributed by atoms with Gasteiger partial charge in [-0.05, 0) is 57.8 Å². The number of carbonyl (C=O) groups is 1. The quantitative estimate of drug-likeness (QED) is 0.0501. The zero-order valence-corrected chi connectivity index (χ0v) is 29.6.